The summed E-state index contributed by atoms with van der Waals surface area (Å²) in [4.78, 5) is 10.6. The number of hydrogen-bond acceptors (Lipinski definition) is 5. The van der Waals surface area contributed by atoms with Crippen LogP contribution in [0.2, 0.25) is 0 Å². The van der Waals surface area contributed by atoms with Crippen LogP contribution in [0.4, 0.5) is 0 Å². The van der Waals surface area contributed by atoms with Gasteiger partial charge in [-0.2, -0.15) is 4.98 Å². The number of aromatic nitrogens is 2. The molecule has 1 rings (SSSR count). The maximum absolute atomic E-state index is 5.43. The molecule has 1 atom stereocenters. The highest BCUT2D eigenvalue weighted by Crippen LogP contribution is 2.12. The smallest absolute Gasteiger partial charge is 0.246 e. The number of nitrogens with one attached hydrogen (secondary N) is 1. The molecule has 0 radical (unpaired) electrons. The van der Waals surface area contributed by atoms with Crippen molar-refractivity contribution < 1.29 is 9.26 Å². The first kappa shape index (κ1) is 21.1. The van der Waals surface area contributed by atoms with Crippen molar-refractivity contribution in [3.05, 3.63) is 11.7 Å². The average Bonchev–Trinajstić information content (AvgIpc) is 2.95. The molecule has 0 spiro atoms. The van der Waals surface area contributed by atoms with Crippen molar-refractivity contribution in [2.24, 2.45) is 4.99 Å². The van der Waals surface area contributed by atoms with Crippen LogP contribution in [0.15, 0.2) is 9.52 Å². The molecule has 1 heterocycles. The van der Waals surface area contributed by atoms with Gasteiger partial charge in [-0.1, -0.05) is 18.5 Å². The van der Waals surface area contributed by atoms with Crippen molar-refractivity contribution in [2.45, 2.75) is 46.3 Å². The normalized spacial score (nSPS) is 12.7. The summed E-state index contributed by atoms with van der Waals surface area (Å²) in [5.41, 5.74) is 0. The molecular weight excluding hydrogens is 397 g/mol. The zero-order valence-corrected chi connectivity index (χ0v) is 16.5. The van der Waals surface area contributed by atoms with E-state index in [1.165, 1.54) is 0 Å². The van der Waals surface area contributed by atoms with E-state index in [-0.39, 0.29) is 30.1 Å². The molecule has 7 nitrogen and oxygen atoms in total. The van der Waals surface area contributed by atoms with Crippen molar-refractivity contribution in [1.82, 2.24) is 20.4 Å². The summed E-state index contributed by atoms with van der Waals surface area (Å²) >= 11 is 0. The minimum Gasteiger partial charge on any atom is -0.371 e. The Morgan fingerprint density at radius 2 is 2.18 bits per heavy atom. The Labute approximate surface area is 149 Å². The standard InChI is InChI=1S/C14H27N5O2.HI/c1-6-8-9-19(5)14(15-4)16-10-12-17-13(18-21-12)11(3)20-7-2;/h11H,6-10H2,1-5H3,(H,15,16);1H. The van der Waals surface area contributed by atoms with Crippen LogP contribution in [0.1, 0.15) is 51.4 Å². The van der Waals surface area contributed by atoms with E-state index in [2.05, 4.69) is 32.3 Å². The molecule has 1 N–H and O–H groups in total. The van der Waals surface area contributed by atoms with Crippen LogP contribution >= 0.6 is 24.0 Å². The number of nitrogens with zero attached hydrogens (tertiary/aromatic N) is 4. The van der Waals surface area contributed by atoms with E-state index in [4.69, 9.17) is 9.26 Å². The molecule has 0 fully saturated rings. The molecule has 22 heavy (non-hydrogen) atoms. The predicted octanol–water partition coefficient (Wildman–Crippen LogP) is 2.59. The third kappa shape index (κ3) is 6.91. The van der Waals surface area contributed by atoms with Gasteiger partial charge in [-0.05, 0) is 20.3 Å². The third-order valence-electron chi connectivity index (χ3n) is 3.08. The molecule has 0 aliphatic carbocycles. The molecule has 0 aliphatic heterocycles. The van der Waals surface area contributed by atoms with E-state index in [0.717, 1.165) is 25.3 Å². The number of guanidine groups is 1. The van der Waals surface area contributed by atoms with Gasteiger partial charge in [0.15, 0.2) is 11.8 Å². The predicted molar refractivity (Wildman–Crippen MR) is 97.5 cm³/mol. The van der Waals surface area contributed by atoms with Gasteiger partial charge in [0, 0.05) is 27.2 Å². The van der Waals surface area contributed by atoms with Crippen molar-refractivity contribution in [3.63, 3.8) is 0 Å². The molecule has 1 aromatic rings. The van der Waals surface area contributed by atoms with Crippen molar-refractivity contribution >= 4 is 29.9 Å². The van der Waals surface area contributed by atoms with Gasteiger partial charge in [0.2, 0.25) is 5.89 Å². The van der Waals surface area contributed by atoms with E-state index in [9.17, 15) is 0 Å². The number of rotatable bonds is 8. The number of unbranched alkanes of at least 4 members (excludes halogenated alkanes) is 1. The minimum absolute atomic E-state index is 0. The van der Waals surface area contributed by atoms with Gasteiger partial charge in [0.25, 0.3) is 0 Å². The highest BCUT2D eigenvalue weighted by Gasteiger charge is 2.14. The summed E-state index contributed by atoms with van der Waals surface area (Å²) in [5, 5.41) is 7.15. The zero-order valence-electron chi connectivity index (χ0n) is 14.1. The summed E-state index contributed by atoms with van der Waals surface area (Å²) in [6, 6.07) is 0. The van der Waals surface area contributed by atoms with Crippen LogP contribution in [-0.4, -0.2) is 48.2 Å². The van der Waals surface area contributed by atoms with Gasteiger partial charge in [0.1, 0.15) is 6.10 Å². The lowest BCUT2D eigenvalue weighted by molar-refractivity contribution is 0.0683. The lowest BCUT2D eigenvalue weighted by Crippen LogP contribution is -2.39. The zero-order chi connectivity index (χ0) is 15.7. The Kier molecular flexibility index (Phi) is 11.2. The summed E-state index contributed by atoms with van der Waals surface area (Å²) in [6.07, 6.45) is 2.14. The summed E-state index contributed by atoms with van der Waals surface area (Å²) in [7, 11) is 3.78. The Bertz CT molecular complexity index is 439. The van der Waals surface area contributed by atoms with Gasteiger partial charge in [-0.15, -0.1) is 24.0 Å². The molecule has 0 aromatic carbocycles. The molecule has 1 unspecified atom stereocenters. The largest absolute Gasteiger partial charge is 0.371 e. The second kappa shape index (κ2) is 11.6. The lowest BCUT2D eigenvalue weighted by atomic mass is 10.3. The molecular formula is C14H28IN5O2. The molecule has 0 amide bonds. The number of hydrogen-bond donors (Lipinski definition) is 1. The molecule has 0 aliphatic rings. The van der Waals surface area contributed by atoms with Crippen LogP contribution in [0.5, 0.6) is 0 Å². The molecule has 8 heteroatoms. The Morgan fingerprint density at radius 1 is 1.45 bits per heavy atom. The first-order chi connectivity index (χ1) is 10.1. The van der Waals surface area contributed by atoms with Crippen molar-refractivity contribution in [1.29, 1.82) is 0 Å². The maximum Gasteiger partial charge on any atom is 0.246 e. The first-order valence-corrected chi connectivity index (χ1v) is 7.48. The van der Waals surface area contributed by atoms with E-state index in [1.807, 2.05) is 20.9 Å². The van der Waals surface area contributed by atoms with Crippen LogP contribution in [0.25, 0.3) is 0 Å². The maximum atomic E-state index is 5.43. The number of halogens is 1. The molecule has 0 bridgehead atoms. The van der Waals surface area contributed by atoms with Crippen LogP contribution in [0.3, 0.4) is 0 Å². The van der Waals surface area contributed by atoms with Crippen LogP contribution in [0, 0.1) is 0 Å². The van der Waals surface area contributed by atoms with E-state index in [0.29, 0.717) is 24.9 Å². The minimum atomic E-state index is -0.154. The monoisotopic (exact) mass is 425 g/mol. The van der Waals surface area contributed by atoms with Gasteiger partial charge < -0.3 is 19.5 Å². The molecule has 0 saturated carbocycles. The number of ether oxygens (including phenoxy) is 1. The van der Waals surface area contributed by atoms with E-state index < -0.39 is 0 Å². The molecule has 1 aromatic heterocycles. The third-order valence-corrected chi connectivity index (χ3v) is 3.08. The van der Waals surface area contributed by atoms with E-state index in [1.54, 1.807) is 7.05 Å². The van der Waals surface area contributed by atoms with E-state index >= 15 is 0 Å². The average molecular weight is 425 g/mol. The fraction of sp³-hybridized carbons (Fsp3) is 0.786. The lowest BCUT2D eigenvalue weighted by Gasteiger charge is -2.21. The SMILES string of the molecule is CCCCN(C)C(=NC)NCc1nc(C(C)OCC)no1.I. The highest BCUT2D eigenvalue weighted by molar-refractivity contribution is 14.0. The molecule has 128 valence electrons. The number of aliphatic imine (C=N–C) groups is 1. The van der Waals surface area contributed by atoms with Gasteiger partial charge in [-0.3, -0.25) is 4.99 Å². The van der Waals surface area contributed by atoms with Crippen molar-refractivity contribution in [3.8, 4) is 0 Å². The van der Waals surface area contributed by atoms with Gasteiger partial charge >= 0.3 is 0 Å². The Hall–Kier alpha value is -0.900. The van der Waals surface area contributed by atoms with Crippen LogP contribution in [-0.2, 0) is 11.3 Å². The summed E-state index contributed by atoms with van der Waals surface area (Å²) < 4.78 is 10.6. The second-order valence-corrected chi connectivity index (χ2v) is 4.82. The fourth-order valence-electron chi connectivity index (χ4n) is 1.87. The van der Waals surface area contributed by atoms with Crippen molar-refractivity contribution in [2.75, 3.05) is 27.2 Å². The summed E-state index contributed by atoms with van der Waals surface area (Å²) in [5.74, 6) is 1.92. The van der Waals surface area contributed by atoms with Gasteiger partial charge in [0.05, 0.1) is 6.54 Å². The molecule has 0 saturated heterocycles. The Balaban J connectivity index is 0.00000441. The summed E-state index contributed by atoms with van der Waals surface area (Å²) in [6.45, 7) is 8.06. The highest BCUT2D eigenvalue weighted by atomic mass is 127. The topological polar surface area (TPSA) is 75.8 Å². The fourth-order valence-corrected chi connectivity index (χ4v) is 1.87. The quantitative estimate of drug-likeness (QED) is 0.392. The van der Waals surface area contributed by atoms with Crippen LogP contribution < -0.4 is 5.32 Å². The first-order valence-electron chi connectivity index (χ1n) is 7.48. The Morgan fingerprint density at radius 3 is 2.77 bits per heavy atom. The van der Waals surface area contributed by atoms with Gasteiger partial charge in [-0.25, -0.2) is 0 Å². The second-order valence-electron chi connectivity index (χ2n) is 4.82.